The first kappa shape index (κ1) is 12.3. The Morgan fingerprint density at radius 2 is 2.07 bits per heavy atom. The molecule has 1 rings (SSSR count). The number of hydrogen-bond acceptors (Lipinski definition) is 3. The summed E-state index contributed by atoms with van der Waals surface area (Å²) in [4.78, 5) is 9.42. The van der Waals surface area contributed by atoms with Gasteiger partial charge in [-0.25, -0.2) is 12.8 Å². The molecule has 0 aromatic heterocycles. The average molecular weight is 295 g/mol. The van der Waals surface area contributed by atoms with E-state index in [2.05, 4.69) is 15.9 Å². The van der Waals surface area contributed by atoms with Gasteiger partial charge in [-0.1, -0.05) is 22.0 Å². The van der Waals surface area contributed by atoms with E-state index in [1.165, 1.54) is 6.07 Å². The van der Waals surface area contributed by atoms with Gasteiger partial charge in [-0.3, -0.25) is 0 Å². The van der Waals surface area contributed by atoms with Crippen LogP contribution in [0.2, 0.25) is 0 Å². The van der Waals surface area contributed by atoms with Crippen LogP contribution in [0.5, 0.6) is 0 Å². The molecule has 0 radical (unpaired) electrons. The molecule has 0 aliphatic heterocycles. The maximum Gasteiger partial charge on any atom is 0.178 e. The van der Waals surface area contributed by atoms with Crippen LogP contribution in [0.15, 0.2) is 23.1 Å². The number of halogens is 2. The van der Waals surface area contributed by atoms with E-state index in [0.717, 1.165) is 18.4 Å². The van der Waals surface area contributed by atoms with Crippen molar-refractivity contribution in [2.24, 2.45) is 0 Å². The van der Waals surface area contributed by atoms with Crippen LogP contribution in [0.4, 0.5) is 4.39 Å². The summed E-state index contributed by atoms with van der Waals surface area (Å²) in [5, 5.41) is 0. The molecule has 0 aliphatic carbocycles. The third kappa shape index (κ3) is 2.85. The maximum absolute atomic E-state index is 13.3. The fourth-order valence-corrected chi connectivity index (χ4v) is 2.08. The van der Waals surface area contributed by atoms with Crippen LogP contribution >= 0.6 is 15.9 Å². The van der Waals surface area contributed by atoms with E-state index >= 15 is 0 Å². The lowest BCUT2D eigenvalue weighted by molar-refractivity contribution is -0.107. The Morgan fingerprint density at radius 1 is 1.47 bits per heavy atom. The molecule has 3 nitrogen and oxygen atoms in total. The van der Waals surface area contributed by atoms with Crippen LogP contribution in [-0.2, 0) is 14.6 Å². The first-order valence-corrected chi connectivity index (χ1v) is 6.76. The number of hydrogen-bond donors (Lipinski definition) is 0. The Bertz CT molecular complexity index is 484. The largest absolute Gasteiger partial charge is 0.302 e. The minimum absolute atomic E-state index is 0.364. The van der Waals surface area contributed by atoms with Gasteiger partial charge in [0.15, 0.2) is 9.84 Å². The topological polar surface area (TPSA) is 51.2 Å². The van der Waals surface area contributed by atoms with E-state index in [9.17, 15) is 17.6 Å². The van der Waals surface area contributed by atoms with Gasteiger partial charge in [-0.05, 0) is 17.7 Å². The molecule has 0 spiro atoms. The molecule has 0 saturated heterocycles. The van der Waals surface area contributed by atoms with Crippen LogP contribution in [-0.4, -0.2) is 21.0 Å². The second-order valence-electron chi connectivity index (χ2n) is 3.00. The average Bonchev–Trinajstić information content (AvgIpc) is 2.14. The van der Waals surface area contributed by atoms with E-state index in [-0.39, 0.29) is 4.90 Å². The zero-order chi connectivity index (χ0) is 11.6. The third-order valence-corrected chi connectivity index (χ3v) is 3.67. The zero-order valence-corrected chi connectivity index (χ0v) is 10.2. The fraction of sp³-hybridized carbons (Fsp3) is 0.222. The summed E-state index contributed by atoms with van der Waals surface area (Å²) in [5.74, 6) is -0.846. The van der Waals surface area contributed by atoms with Crippen molar-refractivity contribution >= 4 is 32.1 Å². The van der Waals surface area contributed by atoms with E-state index in [1.54, 1.807) is 0 Å². The molecule has 1 atom stereocenters. The van der Waals surface area contributed by atoms with Gasteiger partial charge in [0.2, 0.25) is 0 Å². The predicted octanol–water partition coefficient (Wildman–Crippen LogP) is 1.86. The van der Waals surface area contributed by atoms with Crippen LogP contribution in [0.1, 0.15) is 10.4 Å². The molecule has 0 fully saturated rings. The molecule has 0 bridgehead atoms. The van der Waals surface area contributed by atoms with Crippen molar-refractivity contribution < 1.29 is 17.6 Å². The van der Waals surface area contributed by atoms with E-state index < -0.39 is 20.5 Å². The summed E-state index contributed by atoms with van der Waals surface area (Å²) >= 11 is 3.01. The molecule has 1 aromatic rings. The van der Waals surface area contributed by atoms with E-state index in [1.807, 2.05) is 0 Å². The first-order chi connectivity index (χ1) is 6.86. The predicted molar refractivity (Wildman–Crippen MR) is 57.2 cm³/mol. The summed E-state index contributed by atoms with van der Waals surface area (Å²) in [6.45, 7) is 0. The van der Waals surface area contributed by atoms with Gasteiger partial charge in [0.25, 0.3) is 0 Å². The molecule has 6 heteroatoms. The number of alkyl halides is 1. The number of carbonyl (C=O) groups excluding carboxylic acids is 1. The highest BCUT2D eigenvalue weighted by Crippen LogP contribution is 2.24. The molecule has 15 heavy (non-hydrogen) atoms. The van der Waals surface area contributed by atoms with Crippen LogP contribution < -0.4 is 0 Å². The van der Waals surface area contributed by atoms with Crippen LogP contribution in [0, 0.1) is 5.82 Å². The minimum atomic E-state index is -3.56. The van der Waals surface area contributed by atoms with Gasteiger partial charge >= 0.3 is 0 Å². The molecule has 1 aromatic carbocycles. The molecule has 0 aliphatic rings. The Kier molecular flexibility index (Phi) is 3.62. The van der Waals surface area contributed by atoms with Crippen molar-refractivity contribution in [1.29, 1.82) is 0 Å². The molecule has 0 amide bonds. The highest BCUT2D eigenvalue weighted by molar-refractivity contribution is 9.09. The normalized spacial score (nSPS) is 13.5. The Balaban J connectivity index is 3.26. The van der Waals surface area contributed by atoms with Crippen molar-refractivity contribution in [3.63, 3.8) is 0 Å². The minimum Gasteiger partial charge on any atom is -0.302 e. The lowest BCUT2D eigenvalue weighted by Crippen LogP contribution is -2.02. The van der Waals surface area contributed by atoms with Gasteiger partial charge in [0.1, 0.15) is 17.0 Å². The van der Waals surface area contributed by atoms with Gasteiger partial charge < -0.3 is 4.79 Å². The van der Waals surface area contributed by atoms with Gasteiger partial charge in [-0.2, -0.15) is 0 Å². The number of aldehydes is 1. The van der Waals surface area contributed by atoms with Gasteiger partial charge in [-0.15, -0.1) is 0 Å². The molecular weight excluding hydrogens is 287 g/mol. The molecule has 82 valence electrons. The van der Waals surface area contributed by atoms with Crippen molar-refractivity contribution in [1.82, 2.24) is 0 Å². The van der Waals surface area contributed by atoms with Crippen molar-refractivity contribution in [3.05, 3.63) is 29.6 Å². The fourth-order valence-electron chi connectivity index (χ4n) is 1.07. The second kappa shape index (κ2) is 4.40. The zero-order valence-electron chi connectivity index (χ0n) is 7.78. The monoisotopic (exact) mass is 294 g/mol. The number of rotatable bonds is 3. The number of sulfone groups is 1. The maximum atomic E-state index is 13.3. The van der Waals surface area contributed by atoms with E-state index in [0.29, 0.717) is 11.8 Å². The lowest BCUT2D eigenvalue weighted by atomic mass is 10.2. The highest BCUT2D eigenvalue weighted by atomic mass is 79.9. The first-order valence-electron chi connectivity index (χ1n) is 3.95. The van der Waals surface area contributed by atoms with Gasteiger partial charge in [0.05, 0.1) is 4.83 Å². The standard InChI is InChI=1S/C9H8BrFO3S/c1-15(13,14)9-3-2-6(4-8(9)11)7(10)5-12/h2-5,7H,1H3. The molecule has 0 N–H and O–H groups in total. The van der Waals surface area contributed by atoms with Crippen LogP contribution in [0.3, 0.4) is 0 Å². The quantitative estimate of drug-likeness (QED) is 0.632. The number of benzene rings is 1. The highest BCUT2D eigenvalue weighted by Gasteiger charge is 2.15. The van der Waals surface area contributed by atoms with Gasteiger partial charge in [0, 0.05) is 6.26 Å². The molecule has 1 unspecified atom stereocenters. The Labute approximate surface area is 95.3 Å². The van der Waals surface area contributed by atoms with Crippen molar-refractivity contribution in [3.8, 4) is 0 Å². The van der Waals surface area contributed by atoms with E-state index in [4.69, 9.17) is 0 Å². The van der Waals surface area contributed by atoms with Crippen molar-refractivity contribution in [2.45, 2.75) is 9.72 Å². The number of carbonyl (C=O) groups is 1. The summed E-state index contributed by atoms with van der Waals surface area (Å²) in [6, 6.07) is 3.58. The van der Waals surface area contributed by atoms with Crippen molar-refractivity contribution in [2.75, 3.05) is 6.26 Å². The Hall–Kier alpha value is -0.750. The Morgan fingerprint density at radius 3 is 2.47 bits per heavy atom. The third-order valence-electron chi connectivity index (χ3n) is 1.79. The second-order valence-corrected chi connectivity index (χ2v) is 5.97. The lowest BCUT2D eigenvalue weighted by Gasteiger charge is -2.05. The molecule has 0 saturated carbocycles. The molecule has 0 heterocycles. The summed E-state index contributed by atoms with van der Waals surface area (Å²) in [5.41, 5.74) is 0.384. The molecular formula is C9H8BrFO3S. The van der Waals surface area contributed by atoms with Crippen LogP contribution in [0.25, 0.3) is 0 Å². The summed E-state index contributed by atoms with van der Waals surface area (Å²) in [6.07, 6.45) is 1.52. The summed E-state index contributed by atoms with van der Waals surface area (Å²) in [7, 11) is -3.56. The smallest absolute Gasteiger partial charge is 0.178 e. The summed E-state index contributed by atoms with van der Waals surface area (Å²) < 4.78 is 35.5. The SMILES string of the molecule is CS(=O)(=O)c1ccc(C(Br)C=O)cc1F.